The Bertz CT molecular complexity index is 549. The highest BCUT2D eigenvalue weighted by Gasteiger charge is 2.06. The summed E-state index contributed by atoms with van der Waals surface area (Å²) in [5, 5.41) is 3.11. The Morgan fingerprint density at radius 3 is 2.76 bits per heavy atom. The van der Waals surface area contributed by atoms with Gasteiger partial charge in [-0.15, -0.1) is 0 Å². The van der Waals surface area contributed by atoms with Crippen molar-refractivity contribution in [1.82, 2.24) is 19.9 Å². The normalized spacial score (nSPS) is 10.2. The zero-order chi connectivity index (χ0) is 14.9. The number of hydrazine groups is 1. The molecule has 2 heterocycles. The lowest BCUT2D eigenvalue weighted by Gasteiger charge is -2.08. The molecule has 0 saturated heterocycles. The van der Waals surface area contributed by atoms with Crippen LogP contribution in [0.25, 0.3) is 0 Å². The summed E-state index contributed by atoms with van der Waals surface area (Å²) in [6.07, 6.45) is 3.41. The van der Waals surface area contributed by atoms with Gasteiger partial charge < -0.3 is 10.1 Å². The predicted molar refractivity (Wildman–Crippen MR) is 79.9 cm³/mol. The van der Waals surface area contributed by atoms with Crippen molar-refractivity contribution in [1.29, 1.82) is 0 Å². The van der Waals surface area contributed by atoms with E-state index in [0.717, 1.165) is 18.5 Å². The second kappa shape index (κ2) is 7.95. The van der Waals surface area contributed by atoms with Gasteiger partial charge >= 0.3 is 6.01 Å². The van der Waals surface area contributed by atoms with Gasteiger partial charge in [0.15, 0.2) is 0 Å². The molecule has 112 valence electrons. The standard InChI is InChI=1S/C13H19N7O/c1-2-9-21-13-18-11(17-12(19-13)20-14)16-8-6-10-5-3-4-7-15-10/h3-5,7H,2,6,8-9,14H2,1H3,(H2,16,17,18,19,20). The zero-order valence-electron chi connectivity index (χ0n) is 11.9. The first-order chi connectivity index (χ1) is 10.3. The van der Waals surface area contributed by atoms with Crippen LogP contribution in [0, 0.1) is 0 Å². The average molecular weight is 289 g/mol. The molecule has 0 atom stereocenters. The molecule has 2 aromatic rings. The molecule has 0 spiro atoms. The first kappa shape index (κ1) is 14.9. The van der Waals surface area contributed by atoms with E-state index in [-0.39, 0.29) is 12.0 Å². The smallest absolute Gasteiger partial charge is 0.323 e. The summed E-state index contributed by atoms with van der Waals surface area (Å²) in [5.74, 6) is 6.02. The molecule has 2 rings (SSSR count). The molecule has 0 amide bonds. The molecule has 0 fully saturated rings. The summed E-state index contributed by atoms with van der Waals surface area (Å²) in [4.78, 5) is 16.6. The minimum Gasteiger partial charge on any atom is -0.463 e. The summed E-state index contributed by atoms with van der Waals surface area (Å²) < 4.78 is 5.39. The third-order valence-electron chi connectivity index (χ3n) is 2.57. The van der Waals surface area contributed by atoms with Crippen LogP contribution < -0.4 is 21.3 Å². The van der Waals surface area contributed by atoms with Gasteiger partial charge in [0.2, 0.25) is 11.9 Å². The van der Waals surface area contributed by atoms with Crippen molar-refractivity contribution in [3.63, 3.8) is 0 Å². The largest absolute Gasteiger partial charge is 0.463 e. The van der Waals surface area contributed by atoms with Gasteiger partial charge in [0.1, 0.15) is 0 Å². The Labute approximate surface area is 123 Å². The first-order valence-electron chi connectivity index (χ1n) is 6.81. The van der Waals surface area contributed by atoms with Crippen LogP contribution >= 0.6 is 0 Å². The molecule has 0 aliphatic rings. The number of pyridine rings is 1. The average Bonchev–Trinajstić information content (AvgIpc) is 2.53. The van der Waals surface area contributed by atoms with Crippen molar-refractivity contribution in [2.75, 3.05) is 23.9 Å². The molecule has 0 unspecified atom stereocenters. The van der Waals surface area contributed by atoms with Crippen molar-refractivity contribution in [2.24, 2.45) is 5.84 Å². The molecule has 2 aromatic heterocycles. The van der Waals surface area contributed by atoms with Gasteiger partial charge in [-0.25, -0.2) is 5.84 Å². The molecule has 0 aliphatic carbocycles. The lowest BCUT2D eigenvalue weighted by molar-refractivity contribution is 0.292. The fourth-order valence-electron chi connectivity index (χ4n) is 1.61. The fourth-order valence-corrected chi connectivity index (χ4v) is 1.61. The van der Waals surface area contributed by atoms with E-state index in [1.165, 1.54) is 0 Å². The summed E-state index contributed by atoms with van der Waals surface area (Å²) in [5.41, 5.74) is 3.40. The second-order valence-electron chi connectivity index (χ2n) is 4.26. The van der Waals surface area contributed by atoms with Crippen LogP contribution in [0.3, 0.4) is 0 Å². The zero-order valence-corrected chi connectivity index (χ0v) is 11.9. The van der Waals surface area contributed by atoms with Crippen molar-refractivity contribution in [2.45, 2.75) is 19.8 Å². The van der Waals surface area contributed by atoms with Crippen LogP contribution in [0.5, 0.6) is 6.01 Å². The summed E-state index contributed by atoms with van der Waals surface area (Å²) in [6.45, 7) is 3.20. The predicted octanol–water partition coefficient (Wildman–Crippen LogP) is 0.996. The van der Waals surface area contributed by atoms with Crippen molar-refractivity contribution < 1.29 is 4.74 Å². The number of aromatic nitrogens is 4. The number of hydrogen-bond acceptors (Lipinski definition) is 8. The molecule has 0 aromatic carbocycles. The van der Waals surface area contributed by atoms with E-state index in [0.29, 0.717) is 19.1 Å². The van der Waals surface area contributed by atoms with Crippen LogP contribution in [0.15, 0.2) is 24.4 Å². The molecular weight excluding hydrogens is 270 g/mol. The van der Waals surface area contributed by atoms with E-state index < -0.39 is 0 Å². The molecule has 0 aliphatic heterocycles. The maximum atomic E-state index is 5.39. The molecule has 0 radical (unpaired) electrons. The summed E-state index contributed by atoms with van der Waals surface area (Å²) in [7, 11) is 0. The summed E-state index contributed by atoms with van der Waals surface area (Å²) in [6, 6.07) is 6.07. The van der Waals surface area contributed by atoms with E-state index >= 15 is 0 Å². The van der Waals surface area contributed by atoms with Gasteiger partial charge in [-0.1, -0.05) is 13.0 Å². The highest BCUT2D eigenvalue weighted by Crippen LogP contribution is 2.10. The molecular formula is C13H19N7O. The molecule has 0 bridgehead atoms. The number of anilines is 2. The van der Waals surface area contributed by atoms with Gasteiger partial charge in [-0.3, -0.25) is 10.4 Å². The third kappa shape index (κ3) is 4.84. The number of hydrogen-bond donors (Lipinski definition) is 3. The number of rotatable bonds is 8. The van der Waals surface area contributed by atoms with Crippen LogP contribution in [-0.4, -0.2) is 33.1 Å². The van der Waals surface area contributed by atoms with Gasteiger partial charge in [-0.05, 0) is 18.6 Å². The SMILES string of the molecule is CCCOc1nc(NN)nc(NCCc2ccccn2)n1. The van der Waals surface area contributed by atoms with E-state index in [1.54, 1.807) is 6.20 Å². The molecule has 21 heavy (non-hydrogen) atoms. The molecule has 4 N–H and O–H groups in total. The van der Waals surface area contributed by atoms with Gasteiger partial charge in [0.05, 0.1) is 6.61 Å². The molecule has 8 heteroatoms. The Hall–Kier alpha value is -2.48. The fraction of sp³-hybridized carbons (Fsp3) is 0.385. The van der Waals surface area contributed by atoms with Crippen molar-refractivity contribution >= 4 is 11.9 Å². The van der Waals surface area contributed by atoms with Crippen LogP contribution in [0.2, 0.25) is 0 Å². The highest BCUT2D eigenvalue weighted by molar-refractivity contribution is 5.35. The number of ether oxygens (including phenoxy) is 1. The van der Waals surface area contributed by atoms with E-state index in [4.69, 9.17) is 10.6 Å². The Kier molecular flexibility index (Phi) is 5.65. The van der Waals surface area contributed by atoms with E-state index in [9.17, 15) is 0 Å². The number of nitrogen functional groups attached to an aromatic ring is 1. The first-order valence-corrected chi connectivity index (χ1v) is 6.81. The van der Waals surface area contributed by atoms with Crippen molar-refractivity contribution in [3.8, 4) is 6.01 Å². The Morgan fingerprint density at radius 2 is 2.05 bits per heavy atom. The van der Waals surface area contributed by atoms with Crippen LogP contribution in [-0.2, 0) is 6.42 Å². The lowest BCUT2D eigenvalue weighted by atomic mass is 10.3. The highest BCUT2D eigenvalue weighted by atomic mass is 16.5. The molecule has 0 saturated carbocycles. The Morgan fingerprint density at radius 1 is 1.19 bits per heavy atom. The van der Waals surface area contributed by atoms with E-state index in [2.05, 4.69) is 30.7 Å². The summed E-state index contributed by atoms with van der Waals surface area (Å²) >= 11 is 0. The molecule has 8 nitrogen and oxygen atoms in total. The van der Waals surface area contributed by atoms with Crippen LogP contribution in [0.1, 0.15) is 19.0 Å². The maximum Gasteiger partial charge on any atom is 0.323 e. The third-order valence-corrected chi connectivity index (χ3v) is 2.57. The van der Waals surface area contributed by atoms with Gasteiger partial charge in [-0.2, -0.15) is 15.0 Å². The minimum atomic E-state index is 0.250. The number of nitrogens with two attached hydrogens (primary N) is 1. The van der Waals surface area contributed by atoms with E-state index in [1.807, 2.05) is 25.1 Å². The lowest BCUT2D eigenvalue weighted by Crippen LogP contribution is -2.15. The Balaban J connectivity index is 1.95. The topological polar surface area (TPSA) is 111 Å². The van der Waals surface area contributed by atoms with Gasteiger partial charge in [0.25, 0.3) is 0 Å². The van der Waals surface area contributed by atoms with Crippen LogP contribution in [0.4, 0.5) is 11.9 Å². The van der Waals surface area contributed by atoms with Gasteiger partial charge in [0, 0.05) is 24.9 Å². The van der Waals surface area contributed by atoms with Crippen molar-refractivity contribution in [3.05, 3.63) is 30.1 Å². The number of nitrogens with zero attached hydrogens (tertiary/aromatic N) is 4. The maximum absolute atomic E-state index is 5.39. The monoisotopic (exact) mass is 289 g/mol. The quantitative estimate of drug-likeness (QED) is 0.487. The second-order valence-corrected chi connectivity index (χ2v) is 4.26. The minimum absolute atomic E-state index is 0.250. The number of nitrogens with one attached hydrogen (secondary N) is 2.